The minimum Gasteiger partial charge on any atom is -0.488 e. The van der Waals surface area contributed by atoms with Gasteiger partial charge in [-0.3, -0.25) is 0 Å². The lowest BCUT2D eigenvalue weighted by atomic mass is 10.0. The van der Waals surface area contributed by atoms with E-state index in [9.17, 15) is 0 Å². The van der Waals surface area contributed by atoms with Gasteiger partial charge in [0.15, 0.2) is 0 Å². The van der Waals surface area contributed by atoms with Gasteiger partial charge in [-0.25, -0.2) is 0 Å². The van der Waals surface area contributed by atoms with Crippen molar-refractivity contribution in [1.82, 2.24) is 5.43 Å². The van der Waals surface area contributed by atoms with E-state index in [2.05, 4.69) is 10.5 Å². The number of fused-ring (bicyclic) bond motifs is 3. The SMILES string of the molecule is C1=C2COc3ccccc3C2=N[N]1. The summed E-state index contributed by atoms with van der Waals surface area (Å²) in [6.07, 6.45) is 1.76. The van der Waals surface area contributed by atoms with Gasteiger partial charge in [0.1, 0.15) is 18.1 Å². The van der Waals surface area contributed by atoms with Crippen LogP contribution in [0.1, 0.15) is 5.56 Å². The summed E-state index contributed by atoms with van der Waals surface area (Å²) in [7, 11) is 0. The van der Waals surface area contributed by atoms with Gasteiger partial charge < -0.3 is 4.74 Å². The lowest BCUT2D eigenvalue weighted by molar-refractivity contribution is 0.351. The first-order valence-electron chi connectivity index (χ1n) is 4.14. The molecule has 2 aliphatic heterocycles. The predicted octanol–water partition coefficient (Wildman–Crippen LogP) is 1.29. The molecule has 0 atom stereocenters. The first-order valence-corrected chi connectivity index (χ1v) is 4.14. The molecule has 0 saturated carbocycles. The molecule has 0 aromatic heterocycles. The van der Waals surface area contributed by atoms with Gasteiger partial charge in [0.05, 0.1) is 6.20 Å². The summed E-state index contributed by atoms with van der Waals surface area (Å²) >= 11 is 0. The Hall–Kier alpha value is -1.77. The molecule has 0 spiro atoms. The standard InChI is InChI=1S/C10H7N2O/c1-2-4-9-8(3-1)10-7(6-13-9)5-11-12-10/h1-5H,6H2. The maximum absolute atomic E-state index is 5.53. The van der Waals surface area contributed by atoms with Gasteiger partial charge in [-0.15, -0.1) is 5.10 Å². The average Bonchev–Trinajstić information content (AvgIpc) is 2.65. The smallest absolute Gasteiger partial charge is 0.129 e. The Labute approximate surface area is 75.7 Å². The second-order valence-electron chi connectivity index (χ2n) is 3.00. The number of nitrogens with zero attached hydrogens (tertiary/aromatic N) is 2. The molecule has 63 valence electrons. The van der Waals surface area contributed by atoms with Crippen LogP contribution in [0.25, 0.3) is 0 Å². The molecule has 0 saturated heterocycles. The molecule has 3 heteroatoms. The van der Waals surface area contributed by atoms with Gasteiger partial charge in [0.2, 0.25) is 0 Å². The van der Waals surface area contributed by atoms with Crippen LogP contribution in [-0.4, -0.2) is 12.3 Å². The topological polar surface area (TPSA) is 35.7 Å². The molecule has 0 bridgehead atoms. The lowest BCUT2D eigenvalue weighted by Gasteiger charge is -2.17. The highest BCUT2D eigenvalue weighted by Gasteiger charge is 2.23. The fraction of sp³-hybridized carbons (Fsp3) is 0.100. The molecule has 0 fully saturated rings. The van der Waals surface area contributed by atoms with Gasteiger partial charge in [0, 0.05) is 11.1 Å². The molecule has 0 N–H and O–H groups in total. The largest absolute Gasteiger partial charge is 0.488 e. The van der Waals surface area contributed by atoms with Gasteiger partial charge in [-0.05, 0) is 12.1 Å². The van der Waals surface area contributed by atoms with Crippen molar-refractivity contribution >= 4 is 5.71 Å². The minimum absolute atomic E-state index is 0.583. The van der Waals surface area contributed by atoms with Crippen LogP contribution in [0.4, 0.5) is 0 Å². The van der Waals surface area contributed by atoms with Crippen LogP contribution in [-0.2, 0) is 0 Å². The first-order chi connectivity index (χ1) is 6.45. The van der Waals surface area contributed by atoms with E-state index in [0.717, 1.165) is 22.6 Å². The molecular weight excluding hydrogens is 164 g/mol. The zero-order valence-corrected chi connectivity index (χ0v) is 6.90. The second kappa shape index (κ2) is 2.36. The van der Waals surface area contributed by atoms with E-state index in [1.165, 1.54) is 0 Å². The highest BCUT2D eigenvalue weighted by atomic mass is 16.5. The molecule has 0 unspecified atom stereocenters. The molecular formula is C10H7N2O. The van der Waals surface area contributed by atoms with Crippen LogP contribution < -0.4 is 10.2 Å². The third kappa shape index (κ3) is 0.869. The maximum Gasteiger partial charge on any atom is 0.129 e. The number of benzene rings is 1. The minimum atomic E-state index is 0.583. The van der Waals surface area contributed by atoms with Gasteiger partial charge in [-0.2, -0.15) is 5.43 Å². The molecule has 0 amide bonds. The molecule has 3 nitrogen and oxygen atoms in total. The van der Waals surface area contributed by atoms with E-state index in [1.54, 1.807) is 6.20 Å². The number of ether oxygens (including phenoxy) is 1. The fourth-order valence-corrected chi connectivity index (χ4v) is 1.56. The molecule has 1 radical (unpaired) electrons. The summed E-state index contributed by atoms with van der Waals surface area (Å²) in [4.78, 5) is 0. The first kappa shape index (κ1) is 6.71. The Kier molecular flexibility index (Phi) is 1.22. The van der Waals surface area contributed by atoms with Crippen LogP contribution in [0.3, 0.4) is 0 Å². The van der Waals surface area contributed by atoms with Crippen molar-refractivity contribution in [1.29, 1.82) is 0 Å². The average molecular weight is 171 g/mol. The summed E-state index contributed by atoms with van der Waals surface area (Å²) in [5, 5.41) is 4.07. The molecule has 3 rings (SSSR count). The predicted molar refractivity (Wildman–Crippen MR) is 48.7 cm³/mol. The van der Waals surface area contributed by atoms with Crippen molar-refractivity contribution < 1.29 is 4.74 Å². The van der Waals surface area contributed by atoms with Crippen molar-refractivity contribution in [2.45, 2.75) is 0 Å². The zero-order chi connectivity index (χ0) is 8.67. The lowest BCUT2D eigenvalue weighted by Crippen LogP contribution is -2.17. The van der Waals surface area contributed by atoms with E-state index in [4.69, 9.17) is 4.74 Å². The monoisotopic (exact) mass is 171 g/mol. The van der Waals surface area contributed by atoms with E-state index in [-0.39, 0.29) is 0 Å². The molecule has 2 aliphatic rings. The summed E-state index contributed by atoms with van der Waals surface area (Å²) in [6, 6.07) is 7.89. The van der Waals surface area contributed by atoms with E-state index in [0.29, 0.717) is 6.61 Å². The number of hydrogen-bond acceptors (Lipinski definition) is 2. The number of rotatable bonds is 0. The van der Waals surface area contributed by atoms with Gasteiger partial charge in [-0.1, -0.05) is 12.1 Å². The molecule has 2 heterocycles. The van der Waals surface area contributed by atoms with Crippen LogP contribution in [0.5, 0.6) is 5.75 Å². The molecule has 1 aromatic rings. The Balaban J connectivity index is 2.22. The van der Waals surface area contributed by atoms with Crippen molar-refractivity contribution in [3.63, 3.8) is 0 Å². The Morgan fingerprint density at radius 1 is 1.23 bits per heavy atom. The van der Waals surface area contributed by atoms with Crippen LogP contribution in [0, 0.1) is 0 Å². The van der Waals surface area contributed by atoms with E-state index in [1.807, 2.05) is 24.3 Å². The van der Waals surface area contributed by atoms with Crippen LogP contribution in [0.15, 0.2) is 41.1 Å². The Morgan fingerprint density at radius 2 is 2.15 bits per heavy atom. The summed E-state index contributed by atoms with van der Waals surface area (Å²) in [6.45, 7) is 0.583. The van der Waals surface area contributed by atoms with Crippen molar-refractivity contribution in [3.8, 4) is 5.75 Å². The highest BCUT2D eigenvalue weighted by Crippen LogP contribution is 2.28. The quantitative estimate of drug-likeness (QED) is 0.579. The maximum atomic E-state index is 5.53. The number of hydrogen-bond donors (Lipinski definition) is 0. The molecule has 13 heavy (non-hydrogen) atoms. The van der Waals surface area contributed by atoms with Crippen molar-refractivity contribution in [2.75, 3.05) is 6.61 Å². The normalized spacial score (nSPS) is 17.5. The second-order valence-corrected chi connectivity index (χ2v) is 3.00. The summed E-state index contributed by atoms with van der Waals surface area (Å²) in [5.74, 6) is 0.899. The Bertz CT molecular complexity index is 421. The van der Waals surface area contributed by atoms with E-state index < -0.39 is 0 Å². The zero-order valence-electron chi connectivity index (χ0n) is 6.90. The fourth-order valence-electron chi connectivity index (χ4n) is 1.56. The summed E-state index contributed by atoms with van der Waals surface area (Å²) in [5.41, 5.74) is 6.94. The number of para-hydroxylation sites is 1. The summed E-state index contributed by atoms with van der Waals surface area (Å²) < 4.78 is 5.53. The van der Waals surface area contributed by atoms with E-state index >= 15 is 0 Å². The molecule has 1 aromatic carbocycles. The van der Waals surface area contributed by atoms with Crippen LogP contribution >= 0.6 is 0 Å². The molecule has 0 aliphatic carbocycles. The van der Waals surface area contributed by atoms with Gasteiger partial charge >= 0.3 is 0 Å². The van der Waals surface area contributed by atoms with Gasteiger partial charge in [0.25, 0.3) is 0 Å². The third-order valence-electron chi connectivity index (χ3n) is 2.20. The van der Waals surface area contributed by atoms with Crippen molar-refractivity contribution in [3.05, 3.63) is 41.6 Å². The highest BCUT2D eigenvalue weighted by molar-refractivity contribution is 6.16. The van der Waals surface area contributed by atoms with Crippen molar-refractivity contribution in [2.24, 2.45) is 5.10 Å². The van der Waals surface area contributed by atoms with Crippen LogP contribution in [0.2, 0.25) is 0 Å². The Morgan fingerprint density at radius 3 is 3.15 bits per heavy atom. The third-order valence-corrected chi connectivity index (χ3v) is 2.20.